The number of ether oxygens (including phenoxy) is 1. The first kappa shape index (κ1) is 9.10. The van der Waals surface area contributed by atoms with E-state index in [1.165, 1.54) is 6.42 Å². The van der Waals surface area contributed by atoms with Gasteiger partial charge in [-0.15, -0.1) is 0 Å². The number of aryl methyl sites for hydroxylation is 2. The molecule has 0 unspecified atom stereocenters. The summed E-state index contributed by atoms with van der Waals surface area (Å²) in [6, 6.07) is 0.920. The zero-order valence-corrected chi connectivity index (χ0v) is 8.08. The Labute approximate surface area is 73.6 Å². The Balaban J connectivity index is 2.50. The summed E-state index contributed by atoms with van der Waals surface area (Å²) < 4.78 is 9.54. The van der Waals surface area contributed by atoms with Crippen LogP contribution in [-0.2, 0) is 14.1 Å². The van der Waals surface area contributed by atoms with E-state index in [-0.39, 0.29) is 0 Å². The quantitative estimate of drug-likeness (QED) is 0.486. The molecule has 0 fully saturated rings. The molecule has 0 atom stereocenters. The third-order valence-electron chi connectivity index (χ3n) is 1.85. The smallest absolute Gasteiger partial charge is 0.431 e. The Hall–Kier alpha value is -0.990. The highest BCUT2D eigenvalue weighted by molar-refractivity contribution is 4.86. The first-order valence-electron chi connectivity index (χ1n) is 4.39. The predicted octanol–water partition coefficient (Wildman–Crippen LogP) is 1.03. The summed E-state index contributed by atoms with van der Waals surface area (Å²) in [4.78, 5) is 0. The lowest BCUT2D eigenvalue weighted by atomic mass is 10.4. The lowest BCUT2D eigenvalue weighted by Gasteiger charge is -2.00. The monoisotopic (exact) mass is 169 g/mol. The molecule has 68 valence electrons. The van der Waals surface area contributed by atoms with Gasteiger partial charge in [-0.25, -0.2) is 9.13 Å². The van der Waals surface area contributed by atoms with Gasteiger partial charge in [-0.3, -0.25) is 0 Å². The van der Waals surface area contributed by atoms with Crippen molar-refractivity contribution in [2.45, 2.75) is 19.8 Å². The second-order valence-electron chi connectivity index (χ2n) is 3.00. The highest BCUT2D eigenvalue weighted by atomic mass is 16.5. The minimum absolute atomic E-state index is 0.808. The van der Waals surface area contributed by atoms with Crippen LogP contribution < -0.4 is 9.30 Å². The first-order valence-corrected chi connectivity index (χ1v) is 4.39. The van der Waals surface area contributed by atoms with Crippen molar-refractivity contribution in [1.82, 2.24) is 4.57 Å². The largest absolute Gasteiger partial charge is 0.455 e. The van der Waals surface area contributed by atoms with Gasteiger partial charge in [0.05, 0.1) is 20.7 Å². The van der Waals surface area contributed by atoms with Crippen LogP contribution in [0.4, 0.5) is 0 Å². The molecule has 0 N–H and O–H groups in total. The molecule has 12 heavy (non-hydrogen) atoms. The van der Waals surface area contributed by atoms with Crippen LogP contribution in [0.2, 0.25) is 0 Å². The van der Waals surface area contributed by atoms with Crippen LogP contribution in [-0.4, -0.2) is 11.2 Å². The molecule has 0 aliphatic rings. The third kappa shape index (κ3) is 2.00. The van der Waals surface area contributed by atoms with Crippen molar-refractivity contribution in [1.29, 1.82) is 0 Å². The minimum atomic E-state index is 0.808. The van der Waals surface area contributed by atoms with E-state index in [9.17, 15) is 0 Å². The first-order chi connectivity index (χ1) is 5.75. The summed E-state index contributed by atoms with van der Waals surface area (Å²) >= 11 is 0. The molecular formula is C9H17N2O+. The van der Waals surface area contributed by atoms with E-state index in [1.807, 2.05) is 35.6 Å². The molecular weight excluding hydrogens is 152 g/mol. The fourth-order valence-electron chi connectivity index (χ4n) is 1.09. The molecule has 1 aromatic heterocycles. The SMILES string of the molecule is CCCCOc1n(C)cc[n+]1C. The van der Waals surface area contributed by atoms with Crippen LogP contribution in [0.3, 0.4) is 0 Å². The molecule has 1 rings (SSSR count). The maximum Gasteiger partial charge on any atom is 0.455 e. The molecule has 0 aromatic carbocycles. The molecule has 0 aliphatic carbocycles. The second kappa shape index (κ2) is 4.14. The lowest BCUT2D eigenvalue weighted by Crippen LogP contribution is -2.28. The van der Waals surface area contributed by atoms with E-state index < -0.39 is 0 Å². The summed E-state index contributed by atoms with van der Waals surface area (Å²) in [5.74, 6) is 0. The minimum Gasteiger partial charge on any atom is -0.431 e. The highest BCUT2D eigenvalue weighted by Crippen LogP contribution is 2.02. The van der Waals surface area contributed by atoms with E-state index in [0.717, 1.165) is 19.0 Å². The Morgan fingerprint density at radius 1 is 1.58 bits per heavy atom. The molecule has 0 bridgehead atoms. The van der Waals surface area contributed by atoms with Gasteiger partial charge in [-0.05, 0) is 6.42 Å². The van der Waals surface area contributed by atoms with Crippen LogP contribution in [0, 0.1) is 0 Å². The Morgan fingerprint density at radius 3 is 2.83 bits per heavy atom. The zero-order valence-electron chi connectivity index (χ0n) is 8.08. The lowest BCUT2D eigenvalue weighted by molar-refractivity contribution is -0.676. The summed E-state index contributed by atoms with van der Waals surface area (Å²) in [7, 11) is 3.97. The summed E-state index contributed by atoms with van der Waals surface area (Å²) in [6.07, 6.45) is 6.27. The van der Waals surface area contributed by atoms with Crippen molar-refractivity contribution in [2.75, 3.05) is 6.61 Å². The van der Waals surface area contributed by atoms with Crippen molar-refractivity contribution in [2.24, 2.45) is 14.1 Å². The van der Waals surface area contributed by atoms with Gasteiger partial charge in [-0.1, -0.05) is 13.3 Å². The van der Waals surface area contributed by atoms with Crippen molar-refractivity contribution in [3.8, 4) is 6.01 Å². The van der Waals surface area contributed by atoms with Gasteiger partial charge >= 0.3 is 6.01 Å². The van der Waals surface area contributed by atoms with Crippen LogP contribution in [0.1, 0.15) is 19.8 Å². The molecule has 0 radical (unpaired) electrons. The second-order valence-corrected chi connectivity index (χ2v) is 3.00. The van der Waals surface area contributed by atoms with Crippen molar-refractivity contribution in [3.05, 3.63) is 12.4 Å². The van der Waals surface area contributed by atoms with E-state index in [1.54, 1.807) is 0 Å². The molecule has 0 saturated carbocycles. The van der Waals surface area contributed by atoms with Gasteiger partial charge in [0.2, 0.25) is 0 Å². The molecule has 3 heteroatoms. The molecule has 0 spiro atoms. The van der Waals surface area contributed by atoms with E-state index in [0.29, 0.717) is 0 Å². The number of unbranched alkanes of at least 4 members (excludes halogenated alkanes) is 1. The number of rotatable bonds is 4. The topological polar surface area (TPSA) is 18.0 Å². The number of hydrogen-bond acceptors (Lipinski definition) is 1. The van der Waals surface area contributed by atoms with Crippen molar-refractivity contribution < 1.29 is 9.30 Å². The van der Waals surface area contributed by atoms with Gasteiger partial charge in [0.15, 0.2) is 0 Å². The Morgan fingerprint density at radius 2 is 2.33 bits per heavy atom. The van der Waals surface area contributed by atoms with Gasteiger partial charge in [0, 0.05) is 0 Å². The van der Waals surface area contributed by atoms with Gasteiger partial charge < -0.3 is 4.74 Å². The number of aromatic nitrogens is 2. The zero-order chi connectivity index (χ0) is 8.97. The third-order valence-corrected chi connectivity index (χ3v) is 1.85. The average molecular weight is 169 g/mol. The number of nitrogens with zero attached hydrogens (tertiary/aromatic N) is 2. The molecule has 1 aromatic rings. The van der Waals surface area contributed by atoms with Crippen LogP contribution in [0.5, 0.6) is 6.01 Å². The fraction of sp³-hybridized carbons (Fsp3) is 0.667. The molecule has 0 saturated heterocycles. The van der Waals surface area contributed by atoms with E-state index in [4.69, 9.17) is 4.74 Å². The maximum absolute atomic E-state index is 5.57. The molecule has 3 nitrogen and oxygen atoms in total. The van der Waals surface area contributed by atoms with Gasteiger partial charge in [0.1, 0.15) is 12.4 Å². The summed E-state index contributed by atoms with van der Waals surface area (Å²) in [6.45, 7) is 2.97. The Bertz CT molecular complexity index is 223. The Kier molecular flexibility index (Phi) is 3.14. The van der Waals surface area contributed by atoms with Crippen LogP contribution >= 0.6 is 0 Å². The van der Waals surface area contributed by atoms with E-state index in [2.05, 4.69) is 6.92 Å². The predicted molar refractivity (Wildman–Crippen MR) is 47.0 cm³/mol. The maximum atomic E-state index is 5.57. The average Bonchev–Trinajstić information content (AvgIpc) is 2.35. The normalized spacial score (nSPS) is 10.2. The molecule has 1 heterocycles. The van der Waals surface area contributed by atoms with Crippen LogP contribution in [0.25, 0.3) is 0 Å². The summed E-state index contributed by atoms with van der Waals surface area (Å²) in [5.41, 5.74) is 0. The number of hydrogen-bond donors (Lipinski definition) is 0. The van der Waals surface area contributed by atoms with Gasteiger partial charge in [0.25, 0.3) is 0 Å². The standard InChI is InChI=1S/C9H17N2O/c1-4-5-8-12-9-10(2)6-7-11(9)3/h6-7H,4-5,8H2,1-3H3/q+1. The van der Waals surface area contributed by atoms with Gasteiger partial charge in [-0.2, -0.15) is 0 Å². The summed E-state index contributed by atoms with van der Waals surface area (Å²) in [5, 5.41) is 0. The van der Waals surface area contributed by atoms with Crippen molar-refractivity contribution >= 4 is 0 Å². The molecule has 0 aliphatic heterocycles. The fourth-order valence-corrected chi connectivity index (χ4v) is 1.09. The van der Waals surface area contributed by atoms with Crippen LogP contribution in [0.15, 0.2) is 12.4 Å². The number of imidazole rings is 1. The van der Waals surface area contributed by atoms with E-state index >= 15 is 0 Å². The highest BCUT2D eigenvalue weighted by Gasteiger charge is 2.11. The molecule has 0 amide bonds. The van der Waals surface area contributed by atoms with Crippen molar-refractivity contribution in [3.63, 3.8) is 0 Å².